The smallest absolute Gasteiger partial charge is 0.422 e. The Morgan fingerprint density at radius 2 is 1.93 bits per heavy atom. The van der Waals surface area contributed by atoms with Crippen LogP contribution >= 0.6 is 0 Å². The maximum Gasteiger partial charge on any atom is 0.509 e. The molecule has 1 fully saturated rings. The van der Waals surface area contributed by atoms with E-state index in [0.717, 1.165) is 31.7 Å². The summed E-state index contributed by atoms with van der Waals surface area (Å²) in [7, 11) is -1.54. The van der Waals surface area contributed by atoms with Gasteiger partial charge in [-0.25, -0.2) is 4.98 Å². The standard InChI is InChI=1S/C8H12BN3O2/c13-9(14)7-5-10-6-8(11-7)12-3-1-2-4-12/h5-6,13-14H,1-4H2. The summed E-state index contributed by atoms with van der Waals surface area (Å²) in [6.45, 7) is 1.94. The first-order valence-electron chi connectivity index (χ1n) is 4.70. The predicted molar refractivity (Wildman–Crippen MR) is 53.3 cm³/mol. The lowest BCUT2D eigenvalue weighted by molar-refractivity contribution is 0.424. The van der Waals surface area contributed by atoms with E-state index < -0.39 is 7.12 Å². The molecule has 0 aromatic carbocycles. The van der Waals surface area contributed by atoms with Gasteiger partial charge in [0.25, 0.3) is 0 Å². The molecule has 14 heavy (non-hydrogen) atoms. The van der Waals surface area contributed by atoms with Crippen LogP contribution < -0.4 is 10.5 Å². The molecule has 0 unspecified atom stereocenters. The molecule has 1 aliphatic rings. The van der Waals surface area contributed by atoms with Crippen molar-refractivity contribution in [1.29, 1.82) is 0 Å². The second-order valence-corrected chi connectivity index (χ2v) is 3.37. The van der Waals surface area contributed by atoms with Crippen molar-refractivity contribution in [3.05, 3.63) is 12.4 Å². The first kappa shape index (κ1) is 9.42. The van der Waals surface area contributed by atoms with Gasteiger partial charge in [0.15, 0.2) is 0 Å². The zero-order chi connectivity index (χ0) is 9.97. The summed E-state index contributed by atoms with van der Waals surface area (Å²) >= 11 is 0. The fourth-order valence-corrected chi connectivity index (χ4v) is 1.59. The normalized spacial score (nSPS) is 16.0. The van der Waals surface area contributed by atoms with Crippen LogP contribution in [0.2, 0.25) is 0 Å². The lowest BCUT2D eigenvalue weighted by atomic mass is 9.87. The van der Waals surface area contributed by atoms with E-state index in [0.29, 0.717) is 0 Å². The van der Waals surface area contributed by atoms with Crippen LogP contribution in [0.1, 0.15) is 12.8 Å². The Labute approximate surface area is 82.6 Å². The van der Waals surface area contributed by atoms with Gasteiger partial charge in [0.2, 0.25) is 0 Å². The van der Waals surface area contributed by atoms with Crippen molar-refractivity contribution >= 4 is 18.5 Å². The Hall–Kier alpha value is -1.14. The molecule has 0 atom stereocenters. The molecule has 1 aliphatic heterocycles. The van der Waals surface area contributed by atoms with Gasteiger partial charge in [0, 0.05) is 19.3 Å². The summed E-state index contributed by atoms with van der Waals surface area (Å²) in [5, 5.41) is 17.9. The first-order chi connectivity index (χ1) is 6.77. The third-order valence-electron chi connectivity index (χ3n) is 2.34. The predicted octanol–water partition coefficient (Wildman–Crippen LogP) is -1.24. The zero-order valence-corrected chi connectivity index (χ0v) is 7.80. The fraction of sp³-hybridized carbons (Fsp3) is 0.500. The van der Waals surface area contributed by atoms with E-state index in [1.807, 2.05) is 0 Å². The van der Waals surface area contributed by atoms with Gasteiger partial charge in [-0.3, -0.25) is 4.98 Å². The molecule has 1 aromatic heterocycles. The van der Waals surface area contributed by atoms with Crippen molar-refractivity contribution in [3.8, 4) is 0 Å². The van der Waals surface area contributed by atoms with Crippen molar-refractivity contribution in [2.75, 3.05) is 18.0 Å². The molecule has 0 radical (unpaired) electrons. The molecule has 2 N–H and O–H groups in total. The molecule has 2 heterocycles. The second kappa shape index (κ2) is 3.94. The molecule has 6 heteroatoms. The van der Waals surface area contributed by atoms with Crippen LogP contribution in [0.5, 0.6) is 0 Å². The Morgan fingerprint density at radius 1 is 1.21 bits per heavy atom. The number of hydrogen-bond donors (Lipinski definition) is 2. The third kappa shape index (κ3) is 1.86. The van der Waals surface area contributed by atoms with E-state index in [1.54, 1.807) is 6.20 Å². The molecule has 0 saturated carbocycles. The Morgan fingerprint density at radius 3 is 2.57 bits per heavy atom. The molecule has 0 spiro atoms. The van der Waals surface area contributed by atoms with E-state index in [9.17, 15) is 0 Å². The van der Waals surface area contributed by atoms with E-state index in [2.05, 4.69) is 14.9 Å². The van der Waals surface area contributed by atoms with Gasteiger partial charge in [-0.05, 0) is 12.8 Å². The van der Waals surface area contributed by atoms with E-state index >= 15 is 0 Å². The second-order valence-electron chi connectivity index (χ2n) is 3.37. The van der Waals surface area contributed by atoms with Gasteiger partial charge >= 0.3 is 7.12 Å². The SMILES string of the molecule is OB(O)c1cncc(N2CCCC2)n1. The highest BCUT2D eigenvalue weighted by atomic mass is 16.4. The minimum Gasteiger partial charge on any atom is -0.422 e. The average Bonchev–Trinajstić information content (AvgIpc) is 2.71. The quantitative estimate of drug-likeness (QED) is 0.574. The lowest BCUT2D eigenvalue weighted by Gasteiger charge is -2.15. The van der Waals surface area contributed by atoms with Crippen LogP contribution in [0.3, 0.4) is 0 Å². The molecule has 5 nitrogen and oxygen atoms in total. The molecular weight excluding hydrogens is 181 g/mol. The number of anilines is 1. The summed E-state index contributed by atoms with van der Waals surface area (Å²) in [6, 6.07) is 0. The van der Waals surface area contributed by atoms with Gasteiger partial charge in [-0.2, -0.15) is 0 Å². The summed E-state index contributed by atoms with van der Waals surface area (Å²) in [6.07, 6.45) is 5.34. The van der Waals surface area contributed by atoms with Crippen LogP contribution in [0, 0.1) is 0 Å². The van der Waals surface area contributed by atoms with Crippen LogP contribution in [-0.2, 0) is 0 Å². The van der Waals surface area contributed by atoms with Gasteiger partial charge in [-0.1, -0.05) is 0 Å². The molecular formula is C8H12BN3O2. The fourth-order valence-electron chi connectivity index (χ4n) is 1.59. The number of nitrogens with zero attached hydrogens (tertiary/aromatic N) is 3. The summed E-state index contributed by atoms with van der Waals surface area (Å²) in [4.78, 5) is 10.1. The van der Waals surface area contributed by atoms with Crippen LogP contribution in [-0.4, -0.2) is 40.2 Å². The highest BCUT2D eigenvalue weighted by molar-refractivity contribution is 6.57. The van der Waals surface area contributed by atoms with E-state index in [4.69, 9.17) is 10.0 Å². The summed E-state index contributed by atoms with van der Waals surface area (Å²) in [5.41, 5.74) is 0.203. The third-order valence-corrected chi connectivity index (χ3v) is 2.34. The van der Waals surface area contributed by atoms with Gasteiger partial charge in [0.1, 0.15) is 5.82 Å². The minimum atomic E-state index is -1.54. The van der Waals surface area contributed by atoms with Gasteiger partial charge < -0.3 is 14.9 Å². The maximum absolute atomic E-state index is 8.93. The molecule has 0 bridgehead atoms. The molecule has 1 aromatic rings. The molecule has 0 amide bonds. The van der Waals surface area contributed by atoms with Crippen molar-refractivity contribution in [3.63, 3.8) is 0 Å². The minimum absolute atomic E-state index is 0.203. The summed E-state index contributed by atoms with van der Waals surface area (Å²) < 4.78 is 0. The Kier molecular flexibility index (Phi) is 2.65. The van der Waals surface area contributed by atoms with E-state index in [-0.39, 0.29) is 5.59 Å². The molecule has 74 valence electrons. The van der Waals surface area contributed by atoms with Crippen molar-refractivity contribution in [1.82, 2.24) is 9.97 Å². The number of aromatic nitrogens is 2. The largest absolute Gasteiger partial charge is 0.509 e. The average molecular weight is 193 g/mol. The number of hydrogen-bond acceptors (Lipinski definition) is 5. The lowest BCUT2D eigenvalue weighted by Crippen LogP contribution is -2.34. The van der Waals surface area contributed by atoms with Crippen LogP contribution in [0.25, 0.3) is 0 Å². The maximum atomic E-state index is 8.93. The Balaban J connectivity index is 2.21. The monoisotopic (exact) mass is 193 g/mol. The van der Waals surface area contributed by atoms with Crippen molar-refractivity contribution in [2.24, 2.45) is 0 Å². The highest BCUT2D eigenvalue weighted by Gasteiger charge is 2.18. The zero-order valence-electron chi connectivity index (χ0n) is 7.80. The van der Waals surface area contributed by atoms with Crippen molar-refractivity contribution < 1.29 is 10.0 Å². The number of rotatable bonds is 2. The van der Waals surface area contributed by atoms with Gasteiger partial charge in [0.05, 0.1) is 11.8 Å². The molecule has 2 rings (SSSR count). The van der Waals surface area contributed by atoms with Crippen LogP contribution in [0.4, 0.5) is 5.82 Å². The molecule has 0 aliphatic carbocycles. The Bertz CT molecular complexity index is 315. The van der Waals surface area contributed by atoms with Crippen LogP contribution in [0.15, 0.2) is 12.4 Å². The van der Waals surface area contributed by atoms with E-state index in [1.165, 1.54) is 6.20 Å². The van der Waals surface area contributed by atoms with Crippen molar-refractivity contribution in [2.45, 2.75) is 12.8 Å². The molecule has 1 saturated heterocycles. The highest BCUT2D eigenvalue weighted by Crippen LogP contribution is 2.14. The van der Waals surface area contributed by atoms with Gasteiger partial charge in [-0.15, -0.1) is 0 Å². The first-order valence-corrected chi connectivity index (χ1v) is 4.70. The topological polar surface area (TPSA) is 69.5 Å². The summed E-state index contributed by atoms with van der Waals surface area (Å²) in [5.74, 6) is 0.730.